The summed E-state index contributed by atoms with van der Waals surface area (Å²) in [5.41, 5.74) is 3.32. The van der Waals surface area contributed by atoms with E-state index in [9.17, 15) is 18.0 Å². The van der Waals surface area contributed by atoms with Crippen molar-refractivity contribution in [2.24, 2.45) is 5.92 Å². The highest BCUT2D eigenvalue weighted by molar-refractivity contribution is 7.89. The van der Waals surface area contributed by atoms with Crippen molar-refractivity contribution < 1.29 is 18.0 Å². The van der Waals surface area contributed by atoms with E-state index in [-0.39, 0.29) is 22.5 Å². The summed E-state index contributed by atoms with van der Waals surface area (Å²) in [5.74, 6) is -0.393. The van der Waals surface area contributed by atoms with Gasteiger partial charge in [0.15, 0.2) is 5.78 Å². The number of sulfonamides is 1. The molecule has 0 spiro atoms. The Morgan fingerprint density at radius 1 is 0.966 bits per heavy atom. The molecular weight excluding hydrogens is 388 g/mol. The number of ketones is 1. The number of aryl methyl sites for hydroxylation is 2. The fourth-order valence-electron chi connectivity index (χ4n) is 3.61. The van der Waals surface area contributed by atoms with Gasteiger partial charge in [0.25, 0.3) is 0 Å². The van der Waals surface area contributed by atoms with E-state index < -0.39 is 10.0 Å². The van der Waals surface area contributed by atoms with Gasteiger partial charge in [-0.25, -0.2) is 8.42 Å². The number of piperidine rings is 1. The standard InChI is InChI=1S/C22H26N2O4S/c1-15-5-4-6-16(2)21(15)23-22(26)19-11-13-24(14-12-19)29(27,28)20-9-7-18(8-10-20)17(3)25/h4-10,19H,11-14H2,1-3H3,(H,23,26). The minimum Gasteiger partial charge on any atom is -0.325 e. The predicted octanol–water partition coefficient (Wildman–Crippen LogP) is 3.55. The van der Waals surface area contributed by atoms with Crippen molar-refractivity contribution in [3.05, 3.63) is 59.2 Å². The fourth-order valence-corrected chi connectivity index (χ4v) is 5.08. The molecule has 2 aromatic rings. The van der Waals surface area contributed by atoms with E-state index >= 15 is 0 Å². The SMILES string of the molecule is CC(=O)c1ccc(S(=O)(=O)N2CCC(C(=O)Nc3c(C)cccc3C)CC2)cc1. The summed E-state index contributed by atoms with van der Waals surface area (Å²) in [4.78, 5) is 24.2. The summed E-state index contributed by atoms with van der Waals surface area (Å²) in [5, 5.41) is 3.01. The number of nitrogens with one attached hydrogen (secondary N) is 1. The van der Waals surface area contributed by atoms with Crippen LogP contribution >= 0.6 is 0 Å². The molecule has 1 saturated heterocycles. The topological polar surface area (TPSA) is 83.6 Å². The quantitative estimate of drug-likeness (QED) is 0.759. The summed E-state index contributed by atoms with van der Waals surface area (Å²) in [6, 6.07) is 11.8. The van der Waals surface area contributed by atoms with Gasteiger partial charge < -0.3 is 5.32 Å². The molecule has 0 unspecified atom stereocenters. The van der Waals surface area contributed by atoms with Crippen molar-refractivity contribution in [2.75, 3.05) is 18.4 Å². The fraction of sp³-hybridized carbons (Fsp3) is 0.364. The molecule has 0 aromatic heterocycles. The van der Waals surface area contributed by atoms with E-state index in [4.69, 9.17) is 0 Å². The Morgan fingerprint density at radius 2 is 1.52 bits per heavy atom. The first-order chi connectivity index (χ1) is 13.7. The average molecular weight is 415 g/mol. The minimum absolute atomic E-state index is 0.0646. The molecule has 6 nitrogen and oxygen atoms in total. The van der Waals surface area contributed by atoms with Gasteiger partial charge >= 0.3 is 0 Å². The number of rotatable bonds is 5. The van der Waals surface area contributed by atoms with Gasteiger partial charge in [-0.15, -0.1) is 0 Å². The van der Waals surface area contributed by atoms with Crippen molar-refractivity contribution in [3.63, 3.8) is 0 Å². The minimum atomic E-state index is -3.64. The molecule has 1 aliphatic heterocycles. The highest BCUT2D eigenvalue weighted by Crippen LogP contribution is 2.26. The number of para-hydroxylation sites is 1. The molecule has 1 heterocycles. The van der Waals surface area contributed by atoms with Crippen LogP contribution in [-0.2, 0) is 14.8 Å². The van der Waals surface area contributed by atoms with Crippen LogP contribution < -0.4 is 5.32 Å². The monoisotopic (exact) mass is 414 g/mol. The third-order valence-electron chi connectivity index (χ3n) is 5.45. The van der Waals surface area contributed by atoms with E-state index in [1.165, 1.54) is 35.5 Å². The van der Waals surface area contributed by atoms with Gasteiger partial charge in [0.1, 0.15) is 0 Å². The molecule has 0 atom stereocenters. The van der Waals surface area contributed by atoms with E-state index in [0.29, 0.717) is 31.5 Å². The number of Topliss-reactive ketones (excluding diaryl/α,β-unsaturated/α-hetero) is 1. The predicted molar refractivity (Wildman–Crippen MR) is 112 cm³/mol. The molecule has 29 heavy (non-hydrogen) atoms. The Balaban J connectivity index is 1.65. The molecule has 0 saturated carbocycles. The summed E-state index contributed by atoms with van der Waals surface area (Å²) >= 11 is 0. The molecule has 0 bridgehead atoms. The maximum atomic E-state index is 12.9. The maximum absolute atomic E-state index is 12.9. The molecule has 0 radical (unpaired) electrons. The van der Waals surface area contributed by atoms with Gasteiger partial charge in [-0.3, -0.25) is 9.59 Å². The van der Waals surface area contributed by atoms with Gasteiger partial charge in [-0.05, 0) is 56.9 Å². The summed E-state index contributed by atoms with van der Waals surface area (Å²) in [6.07, 6.45) is 0.947. The molecule has 7 heteroatoms. The molecule has 154 valence electrons. The van der Waals surface area contributed by atoms with Gasteiger partial charge in [0, 0.05) is 30.3 Å². The van der Waals surface area contributed by atoms with Crippen LogP contribution in [0.4, 0.5) is 5.69 Å². The van der Waals surface area contributed by atoms with Crippen LogP contribution in [-0.4, -0.2) is 37.5 Å². The largest absolute Gasteiger partial charge is 0.325 e. The molecule has 0 aliphatic carbocycles. The first-order valence-corrected chi connectivity index (χ1v) is 11.1. The van der Waals surface area contributed by atoms with Gasteiger partial charge in [-0.2, -0.15) is 4.31 Å². The number of hydrogen-bond acceptors (Lipinski definition) is 4. The number of amides is 1. The smallest absolute Gasteiger partial charge is 0.243 e. The average Bonchev–Trinajstić information content (AvgIpc) is 2.71. The number of anilines is 1. The lowest BCUT2D eigenvalue weighted by atomic mass is 9.96. The molecular formula is C22H26N2O4S. The zero-order valence-corrected chi connectivity index (χ0v) is 17.8. The highest BCUT2D eigenvalue weighted by Gasteiger charge is 2.32. The second-order valence-electron chi connectivity index (χ2n) is 7.51. The van der Waals surface area contributed by atoms with E-state index in [2.05, 4.69) is 5.32 Å². The van der Waals surface area contributed by atoms with Crippen molar-refractivity contribution in [2.45, 2.75) is 38.5 Å². The molecule has 1 aliphatic rings. The Hall–Kier alpha value is -2.51. The molecule has 1 fully saturated rings. The first kappa shape index (κ1) is 21.2. The second-order valence-corrected chi connectivity index (χ2v) is 9.45. The van der Waals surface area contributed by atoms with Crippen LogP contribution in [0.15, 0.2) is 47.4 Å². The highest BCUT2D eigenvalue weighted by atomic mass is 32.2. The van der Waals surface area contributed by atoms with Crippen molar-refractivity contribution in [1.82, 2.24) is 4.31 Å². The maximum Gasteiger partial charge on any atom is 0.243 e. The Morgan fingerprint density at radius 3 is 2.03 bits per heavy atom. The lowest BCUT2D eigenvalue weighted by molar-refractivity contribution is -0.120. The Labute approximate surface area is 172 Å². The Kier molecular flexibility index (Phi) is 6.19. The number of carbonyl (C=O) groups excluding carboxylic acids is 2. The van der Waals surface area contributed by atoms with E-state index in [0.717, 1.165) is 16.8 Å². The van der Waals surface area contributed by atoms with Crippen molar-refractivity contribution in [1.29, 1.82) is 0 Å². The van der Waals surface area contributed by atoms with Crippen LogP contribution in [0.5, 0.6) is 0 Å². The van der Waals surface area contributed by atoms with Crippen LogP contribution in [0.3, 0.4) is 0 Å². The molecule has 2 aromatic carbocycles. The zero-order valence-electron chi connectivity index (χ0n) is 16.9. The van der Waals surface area contributed by atoms with E-state index in [1.54, 1.807) is 0 Å². The summed E-state index contributed by atoms with van der Waals surface area (Å²) < 4.78 is 27.1. The number of hydrogen-bond donors (Lipinski definition) is 1. The number of benzene rings is 2. The van der Waals surface area contributed by atoms with Crippen molar-refractivity contribution >= 4 is 27.4 Å². The molecule has 1 amide bonds. The zero-order chi connectivity index (χ0) is 21.2. The Bertz CT molecular complexity index is 1000. The number of nitrogens with zero attached hydrogens (tertiary/aromatic N) is 1. The van der Waals surface area contributed by atoms with Gasteiger partial charge in [0.2, 0.25) is 15.9 Å². The van der Waals surface area contributed by atoms with Crippen LogP contribution in [0.2, 0.25) is 0 Å². The first-order valence-electron chi connectivity index (χ1n) is 9.68. The normalized spacial score (nSPS) is 15.8. The third-order valence-corrected chi connectivity index (χ3v) is 7.37. The third kappa shape index (κ3) is 4.57. The lowest BCUT2D eigenvalue weighted by Crippen LogP contribution is -2.41. The van der Waals surface area contributed by atoms with Crippen molar-refractivity contribution in [3.8, 4) is 0 Å². The van der Waals surface area contributed by atoms with Crippen LogP contribution in [0.25, 0.3) is 0 Å². The van der Waals surface area contributed by atoms with Gasteiger partial charge in [-0.1, -0.05) is 30.3 Å². The van der Waals surface area contributed by atoms with Crippen LogP contribution in [0, 0.1) is 19.8 Å². The lowest BCUT2D eigenvalue weighted by Gasteiger charge is -2.30. The molecule has 1 N–H and O–H groups in total. The van der Waals surface area contributed by atoms with E-state index in [1.807, 2.05) is 32.0 Å². The number of carbonyl (C=O) groups is 2. The van der Waals surface area contributed by atoms with Crippen LogP contribution in [0.1, 0.15) is 41.3 Å². The summed E-state index contributed by atoms with van der Waals surface area (Å²) in [7, 11) is -3.64. The summed E-state index contributed by atoms with van der Waals surface area (Å²) in [6.45, 7) is 5.94. The van der Waals surface area contributed by atoms with Gasteiger partial charge in [0.05, 0.1) is 4.90 Å². The second kappa shape index (κ2) is 8.47. The molecule has 3 rings (SSSR count).